The van der Waals surface area contributed by atoms with Gasteiger partial charge in [0.05, 0.1) is 6.54 Å². The van der Waals surface area contributed by atoms with Crippen LogP contribution in [-0.4, -0.2) is 27.8 Å². The first-order valence-corrected chi connectivity index (χ1v) is 7.47. The number of thiophene rings is 1. The zero-order chi connectivity index (χ0) is 15.6. The van der Waals surface area contributed by atoms with Crippen molar-refractivity contribution in [2.75, 3.05) is 0 Å². The summed E-state index contributed by atoms with van der Waals surface area (Å²) >= 11 is 1.41. The summed E-state index contributed by atoms with van der Waals surface area (Å²) in [5.74, 6) is -1.37. The highest BCUT2D eigenvalue weighted by atomic mass is 32.1. The van der Waals surface area contributed by atoms with Crippen molar-refractivity contribution < 1.29 is 19.5 Å². The molecule has 5 nitrogen and oxygen atoms in total. The van der Waals surface area contributed by atoms with Crippen molar-refractivity contribution >= 4 is 35.2 Å². The number of likely N-dealkylation sites (tertiary alicyclic amines) is 1. The average molecular weight is 307 g/mol. The Morgan fingerprint density at radius 1 is 1.38 bits per heavy atom. The van der Waals surface area contributed by atoms with Gasteiger partial charge in [0, 0.05) is 23.8 Å². The van der Waals surface area contributed by atoms with Gasteiger partial charge in [-0.1, -0.05) is 13.8 Å². The lowest BCUT2D eigenvalue weighted by atomic mass is 9.82. The lowest BCUT2D eigenvalue weighted by Crippen LogP contribution is -2.45. The first-order chi connectivity index (χ1) is 9.78. The standard InChI is InChI=1S/C15H17NO4S/c1-15(2)7-12(17)16(13(18)8-15)9-11-10(5-6-21-11)3-4-14(19)20/h3-6H,7-9H2,1-2H3,(H,19,20). The van der Waals surface area contributed by atoms with E-state index in [2.05, 4.69) is 0 Å². The van der Waals surface area contributed by atoms with Gasteiger partial charge in [-0.3, -0.25) is 14.5 Å². The zero-order valence-corrected chi connectivity index (χ0v) is 12.8. The molecule has 0 unspecified atom stereocenters. The van der Waals surface area contributed by atoms with Crippen LogP contribution in [0.5, 0.6) is 0 Å². The normalized spacial score (nSPS) is 18.5. The Morgan fingerprint density at radius 2 is 2.00 bits per heavy atom. The predicted molar refractivity (Wildman–Crippen MR) is 79.6 cm³/mol. The van der Waals surface area contributed by atoms with E-state index in [-0.39, 0.29) is 23.8 Å². The van der Waals surface area contributed by atoms with Crippen molar-refractivity contribution in [2.45, 2.75) is 33.2 Å². The minimum absolute atomic E-state index is 0.169. The fraction of sp³-hybridized carbons (Fsp3) is 0.400. The van der Waals surface area contributed by atoms with E-state index in [0.29, 0.717) is 12.8 Å². The predicted octanol–water partition coefficient (Wildman–Crippen LogP) is 2.52. The third-order valence-corrected chi connectivity index (χ3v) is 4.27. The largest absolute Gasteiger partial charge is 0.478 e. The first kappa shape index (κ1) is 15.4. The topological polar surface area (TPSA) is 74.7 Å². The fourth-order valence-electron chi connectivity index (χ4n) is 2.32. The molecule has 2 heterocycles. The van der Waals surface area contributed by atoms with Crippen molar-refractivity contribution in [3.05, 3.63) is 28.0 Å². The van der Waals surface area contributed by atoms with E-state index < -0.39 is 5.97 Å². The van der Waals surface area contributed by atoms with Gasteiger partial charge in [-0.15, -0.1) is 11.3 Å². The molecule has 0 aromatic carbocycles. The number of carboxylic acids is 1. The number of imide groups is 1. The molecule has 0 aliphatic carbocycles. The Hall–Kier alpha value is -1.95. The Labute approximate surface area is 126 Å². The molecule has 0 spiro atoms. The average Bonchev–Trinajstić information content (AvgIpc) is 2.77. The number of aliphatic carboxylic acids is 1. The van der Waals surface area contributed by atoms with E-state index in [1.54, 1.807) is 6.07 Å². The molecular weight excluding hydrogens is 290 g/mol. The van der Waals surface area contributed by atoms with E-state index in [1.165, 1.54) is 22.3 Å². The van der Waals surface area contributed by atoms with Crippen LogP contribution in [0.25, 0.3) is 6.08 Å². The number of hydrogen-bond donors (Lipinski definition) is 1. The van der Waals surface area contributed by atoms with Gasteiger partial charge in [-0.2, -0.15) is 0 Å². The Kier molecular flexibility index (Phi) is 4.27. The maximum Gasteiger partial charge on any atom is 0.328 e. The molecule has 1 fully saturated rings. The number of carboxylic acid groups (broad SMARTS) is 1. The van der Waals surface area contributed by atoms with Crippen LogP contribution in [0.3, 0.4) is 0 Å². The lowest BCUT2D eigenvalue weighted by molar-refractivity contribution is -0.153. The highest BCUT2D eigenvalue weighted by Gasteiger charge is 2.37. The number of hydrogen-bond acceptors (Lipinski definition) is 4. The molecule has 1 aromatic rings. The third kappa shape index (κ3) is 3.78. The van der Waals surface area contributed by atoms with Gasteiger partial charge >= 0.3 is 5.97 Å². The minimum Gasteiger partial charge on any atom is -0.478 e. The van der Waals surface area contributed by atoms with Crippen LogP contribution in [-0.2, 0) is 20.9 Å². The number of carbonyl (C=O) groups excluding carboxylic acids is 2. The van der Waals surface area contributed by atoms with E-state index in [9.17, 15) is 14.4 Å². The smallest absolute Gasteiger partial charge is 0.328 e. The number of carbonyl (C=O) groups is 3. The second-order valence-electron chi connectivity index (χ2n) is 5.86. The molecule has 2 amide bonds. The van der Waals surface area contributed by atoms with Crippen LogP contribution >= 0.6 is 11.3 Å². The maximum atomic E-state index is 12.1. The highest BCUT2D eigenvalue weighted by molar-refractivity contribution is 7.10. The van der Waals surface area contributed by atoms with E-state index >= 15 is 0 Å². The molecule has 0 bridgehead atoms. The molecule has 0 radical (unpaired) electrons. The third-order valence-electron chi connectivity index (χ3n) is 3.35. The van der Waals surface area contributed by atoms with Crippen molar-refractivity contribution in [3.63, 3.8) is 0 Å². The van der Waals surface area contributed by atoms with E-state index in [4.69, 9.17) is 5.11 Å². The van der Waals surface area contributed by atoms with Gasteiger partial charge in [0.2, 0.25) is 11.8 Å². The van der Waals surface area contributed by atoms with Crippen LogP contribution in [0.15, 0.2) is 17.5 Å². The summed E-state index contributed by atoms with van der Waals surface area (Å²) < 4.78 is 0. The molecular formula is C15H17NO4S. The second-order valence-corrected chi connectivity index (χ2v) is 6.86. The zero-order valence-electron chi connectivity index (χ0n) is 12.0. The molecule has 1 aliphatic heterocycles. The molecule has 0 saturated carbocycles. The van der Waals surface area contributed by atoms with Gasteiger partial charge in [0.15, 0.2) is 0 Å². The van der Waals surface area contributed by atoms with Gasteiger partial charge < -0.3 is 5.11 Å². The SMILES string of the molecule is CC1(C)CC(=O)N(Cc2sccc2C=CC(=O)O)C(=O)C1. The van der Waals surface area contributed by atoms with Gasteiger partial charge in [0.1, 0.15) is 0 Å². The summed E-state index contributed by atoms with van der Waals surface area (Å²) in [7, 11) is 0. The lowest BCUT2D eigenvalue weighted by Gasteiger charge is -2.34. The molecule has 6 heteroatoms. The molecule has 2 rings (SSSR count). The van der Waals surface area contributed by atoms with Gasteiger partial charge in [-0.05, 0) is 28.5 Å². The molecule has 1 aromatic heterocycles. The summed E-state index contributed by atoms with van der Waals surface area (Å²) in [6, 6.07) is 1.78. The number of nitrogens with zero attached hydrogens (tertiary/aromatic N) is 1. The summed E-state index contributed by atoms with van der Waals surface area (Å²) in [5.41, 5.74) is 0.444. The van der Waals surface area contributed by atoms with Crippen LogP contribution in [0.4, 0.5) is 0 Å². The Morgan fingerprint density at radius 3 is 2.57 bits per heavy atom. The Bertz CT molecular complexity index is 595. The van der Waals surface area contributed by atoms with Crippen molar-refractivity contribution in [1.82, 2.24) is 4.90 Å². The quantitative estimate of drug-likeness (QED) is 0.685. The second kappa shape index (κ2) is 5.81. The monoisotopic (exact) mass is 307 g/mol. The number of amides is 2. The van der Waals surface area contributed by atoms with Crippen LogP contribution in [0, 0.1) is 5.41 Å². The van der Waals surface area contributed by atoms with Crippen molar-refractivity contribution in [3.8, 4) is 0 Å². The van der Waals surface area contributed by atoms with Crippen LogP contribution in [0.2, 0.25) is 0 Å². The fourth-order valence-corrected chi connectivity index (χ4v) is 3.17. The summed E-state index contributed by atoms with van der Waals surface area (Å²) in [5, 5.41) is 10.5. The van der Waals surface area contributed by atoms with Gasteiger partial charge in [0.25, 0.3) is 0 Å². The summed E-state index contributed by atoms with van der Waals surface area (Å²) in [4.78, 5) is 36.9. The molecule has 1 aliphatic rings. The summed E-state index contributed by atoms with van der Waals surface area (Å²) in [6.45, 7) is 4.03. The Balaban J connectivity index is 2.16. The molecule has 112 valence electrons. The molecule has 1 saturated heterocycles. The number of rotatable bonds is 4. The number of piperidine rings is 1. The maximum absolute atomic E-state index is 12.1. The summed E-state index contributed by atoms with van der Waals surface area (Å²) in [6.07, 6.45) is 3.24. The van der Waals surface area contributed by atoms with E-state index in [0.717, 1.165) is 16.5 Å². The van der Waals surface area contributed by atoms with Crippen LogP contribution < -0.4 is 0 Å². The van der Waals surface area contributed by atoms with E-state index in [1.807, 2.05) is 19.2 Å². The minimum atomic E-state index is -1.03. The molecule has 0 atom stereocenters. The van der Waals surface area contributed by atoms with Crippen molar-refractivity contribution in [2.24, 2.45) is 5.41 Å². The van der Waals surface area contributed by atoms with Crippen LogP contribution in [0.1, 0.15) is 37.1 Å². The van der Waals surface area contributed by atoms with Gasteiger partial charge in [-0.25, -0.2) is 4.79 Å². The van der Waals surface area contributed by atoms with Crippen molar-refractivity contribution in [1.29, 1.82) is 0 Å². The first-order valence-electron chi connectivity index (χ1n) is 6.59. The molecule has 21 heavy (non-hydrogen) atoms. The molecule has 1 N–H and O–H groups in total. The highest BCUT2D eigenvalue weighted by Crippen LogP contribution is 2.33.